The summed E-state index contributed by atoms with van der Waals surface area (Å²) in [7, 11) is -2.34. The van der Waals surface area contributed by atoms with E-state index in [4.69, 9.17) is 4.74 Å². The van der Waals surface area contributed by atoms with Crippen molar-refractivity contribution in [2.45, 2.75) is 26.4 Å². The molecule has 0 aliphatic carbocycles. The maximum atomic E-state index is 13.2. The van der Waals surface area contributed by atoms with Gasteiger partial charge in [0.05, 0.1) is 24.8 Å². The number of ether oxygens (including phenoxy) is 1. The molecule has 2 aromatic rings. The number of hydrogen-bond acceptors (Lipinski definition) is 4. The lowest BCUT2D eigenvalue weighted by molar-refractivity contribution is -0.139. The van der Waals surface area contributed by atoms with Crippen molar-refractivity contribution >= 4 is 16.2 Å². The Kier molecular flexibility index (Phi) is 6.04. The Bertz CT molecular complexity index is 1030. The fourth-order valence-electron chi connectivity index (χ4n) is 3.13. The van der Waals surface area contributed by atoms with Crippen LogP contribution in [-0.4, -0.2) is 42.7 Å². The standard InChI is InChI=1S/C21H23FN2O4S/c1-4-28-21(25)20-14-24(29(26,27)23(3)15(20)2)13-16-6-5-7-18(12-16)17-8-10-19(22)11-9-17/h5-12,14-15H,4,13H2,1-3H3. The van der Waals surface area contributed by atoms with Gasteiger partial charge in [-0.3, -0.25) is 4.31 Å². The number of nitrogens with zero attached hydrogens (tertiary/aromatic N) is 2. The molecule has 0 fully saturated rings. The van der Waals surface area contributed by atoms with E-state index in [1.54, 1.807) is 32.0 Å². The first-order valence-electron chi connectivity index (χ1n) is 9.22. The van der Waals surface area contributed by atoms with Gasteiger partial charge in [-0.05, 0) is 48.7 Å². The van der Waals surface area contributed by atoms with Crippen LogP contribution in [0.25, 0.3) is 11.1 Å². The summed E-state index contributed by atoms with van der Waals surface area (Å²) in [5, 5.41) is 0. The summed E-state index contributed by atoms with van der Waals surface area (Å²) in [4.78, 5) is 12.3. The molecule has 0 saturated heterocycles. The summed E-state index contributed by atoms with van der Waals surface area (Å²) in [5.41, 5.74) is 2.67. The lowest BCUT2D eigenvalue weighted by atomic mass is 10.0. The van der Waals surface area contributed by atoms with Gasteiger partial charge < -0.3 is 4.74 Å². The number of hydrogen-bond donors (Lipinski definition) is 0. The normalized spacial score (nSPS) is 19.0. The van der Waals surface area contributed by atoms with Crippen molar-refractivity contribution in [3.05, 3.63) is 71.7 Å². The van der Waals surface area contributed by atoms with Gasteiger partial charge in [-0.15, -0.1) is 0 Å². The average molecular weight is 418 g/mol. The third-order valence-electron chi connectivity index (χ3n) is 4.89. The highest BCUT2D eigenvalue weighted by atomic mass is 32.2. The van der Waals surface area contributed by atoms with Gasteiger partial charge in [0.2, 0.25) is 0 Å². The highest BCUT2D eigenvalue weighted by molar-refractivity contribution is 7.86. The molecule has 0 N–H and O–H groups in total. The van der Waals surface area contributed by atoms with Gasteiger partial charge in [0.1, 0.15) is 5.82 Å². The molecule has 1 unspecified atom stereocenters. The van der Waals surface area contributed by atoms with Crippen LogP contribution in [0.2, 0.25) is 0 Å². The molecule has 1 atom stereocenters. The Balaban J connectivity index is 1.94. The van der Waals surface area contributed by atoms with E-state index in [9.17, 15) is 17.6 Å². The molecule has 0 spiro atoms. The zero-order chi connectivity index (χ0) is 21.2. The maximum absolute atomic E-state index is 13.2. The highest BCUT2D eigenvalue weighted by Crippen LogP contribution is 2.27. The average Bonchev–Trinajstić information content (AvgIpc) is 2.69. The lowest BCUT2D eigenvalue weighted by Crippen LogP contribution is -2.49. The Labute approximate surface area is 170 Å². The molecule has 8 heteroatoms. The minimum Gasteiger partial charge on any atom is -0.463 e. The van der Waals surface area contributed by atoms with Gasteiger partial charge in [0, 0.05) is 13.2 Å². The predicted octanol–water partition coefficient (Wildman–Crippen LogP) is 3.32. The van der Waals surface area contributed by atoms with E-state index < -0.39 is 22.2 Å². The number of carbonyl (C=O) groups is 1. The van der Waals surface area contributed by atoms with Gasteiger partial charge >= 0.3 is 16.2 Å². The molecule has 0 saturated carbocycles. The lowest BCUT2D eigenvalue weighted by Gasteiger charge is -2.36. The zero-order valence-corrected chi connectivity index (χ0v) is 17.3. The second-order valence-corrected chi connectivity index (χ2v) is 8.70. The third-order valence-corrected chi connectivity index (χ3v) is 6.76. The van der Waals surface area contributed by atoms with E-state index >= 15 is 0 Å². The van der Waals surface area contributed by atoms with Crippen LogP contribution in [0.3, 0.4) is 0 Å². The van der Waals surface area contributed by atoms with Crippen LogP contribution >= 0.6 is 0 Å². The Morgan fingerprint density at radius 3 is 2.48 bits per heavy atom. The Hall–Kier alpha value is -2.71. The first-order valence-corrected chi connectivity index (χ1v) is 10.6. The number of halogens is 1. The molecule has 0 aromatic heterocycles. The van der Waals surface area contributed by atoms with Crippen LogP contribution in [0.15, 0.2) is 60.3 Å². The maximum Gasteiger partial charge on any atom is 0.337 e. The summed E-state index contributed by atoms with van der Waals surface area (Å²) in [5.74, 6) is -0.857. The number of esters is 1. The quantitative estimate of drug-likeness (QED) is 0.699. The van der Waals surface area contributed by atoms with Crippen LogP contribution in [0.4, 0.5) is 4.39 Å². The minimum absolute atomic E-state index is 0.0529. The molecule has 0 bridgehead atoms. The minimum atomic E-state index is -3.78. The summed E-state index contributed by atoms with van der Waals surface area (Å²) in [6, 6.07) is 12.8. The first-order chi connectivity index (χ1) is 13.7. The van der Waals surface area contributed by atoms with Crippen LogP contribution < -0.4 is 0 Å². The van der Waals surface area contributed by atoms with Crippen LogP contribution in [-0.2, 0) is 26.3 Å². The Morgan fingerprint density at radius 1 is 1.14 bits per heavy atom. The summed E-state index contributed by atoms with van der Waals surface area (Å²) in [6.45, 7) is 3.61. The van der Waals surface area contributed by atoms with Gasteiger partial charge in [0.15, 0.2) is 0 Å². The topological polar surface area (TPSA) is 66.9 Å². The molecule has 0 amide bonds. The van der Waals surface area contributed by atoms with Gasteiger partial charge in [-0.25, -0.2) is 9.18 Å². The van der Waals surface area contributed by atoms with Crippen molar-refractivity contribution in [1.29, 1.82) is 0 Å². The summed E-state index contributed by atoms with van der Waals surface area (Å²) in [6.07, 6.45) is 1.35. The van der Waals surface area contributed by atoms with Crippen LogP contribution in [0, 0.1) is 5.82 Å². The zero-order valence-electron chi connectivity index (χ0n) is 16.5. The molecular weight excluding hydrogens is 395 g/mol. The Morgan fingerprint density at radius 2 is 1.83 bits per heavy atom. The second kappa shape index (κ2) is 8.34. The number of carbonyl (C=O) groups excluding carboxylic acids is 1. The second-order valence-electron chi connectivity index (χ2n) is 6.76. The van der Waals surface area contributed by atoms with E-state index in [0.29, 0.717) is 0 Å². The van der Waals surface area contributed by atoms with Crippen molar-refractivity contribution in [3.63, 3.8) is 0 Å². The van der Waals surface area contributed by atoms with Crippen molar-refractivity contribution in [1.82, 2.24) is 8.61 Å². The van der Waals surface area contributed by atoms with Crippen molar-refractivity contribution in [3.8, 4) is 11.1 Å². The van der Waals surface area contributed by atoms with Gasteiger partial charge in [-0.1, -0.05) is 30.3 Å². The van der Waals surface area contributed by atoms with E-state index in [1.807, 2.05) is 18.2 Å². The predicted molar refractivity (Wildman–Crippen MR) is 108 cm³/mol. The number of benzene rings is 2. The largest absolute Gasteiger partial charge is 0.463 e. The van der Waals surface area contributed by atoms with Crippen molar-refractivity contribution in [2.75, 3.05) is 13.7 Å². The number of likely N-dealkylation sites (N-methyl/N-ethyl adjacent to an activating group) is 1. The van der Waals surface area contributed by atoms with E-state index in [2.05, 4.69) is 0 Å². The van der Waals surface area contributed by atoms with Gasteiger partial charge in [0.25, 0.3) is 0 Å². The summed E-state index contributed by atoms with van der Waals surface area (Å²) < 4.78 is 46.3. The SMILES string of the molecule is CCOC(=O)C1=CN(Cc2cccc(-c3ccc(F)cc3)c2)S(=O)(=O)N(C)C1C. The number of rotatable bonds is 5. The molecular formula is C21H23FN2O4S. The van der Waals surface area contributed by atoms with Crippen molar-refractivity contribution < 1.29 is 22.3 Å². The fourth-order valence-corrected chi connectivity index (χ4v) is 4.53. The molecule has 6 nitrogen and oxygen atoms in total. The molecule has 1 aliphatic heterocycles. The van der Waals surface area contributed by atoms with E-state index in [0.717, 1.165) is 25.3 Å². The molecule has 0 radical (unpaired) electrons. The monoisotopic (exact) mass is 418 g/mol. The van der Waals surface area contributed by atoms with E-state index in [1.165, 1.54) is 25.4 Å². The van der Waals surface area contributed by atoms with Crippen LogP contribution in [0.1, 0.15) is 19.4 Å². The molecule has 3 rings (SSSR count). The first kappa shape index (κ1) is 21.0. The fraction of sp³-hybridized carbons (Fsp3) is 0.286. The molecule has 1 heterocycles. The highest BCUT2D eigenvalue weighted by Gasteiger charge is 2.38. The van der Waals surface area contributed by atoms with Gasteiger partial charge in [-0.2, -0.15) is 12.7 Å². The molecule has 154 valence electrons. The van der Waals surface area contributed by atoms with Crippen molar-refractivity contribution in [2.24, 2.45) is 0 Å². The smallest absolute Gasteiger partial charge is 0.337 e. The third kappa shape index (κ3) is 4.33. The van der Waals surface area contributed by atoms with Crippen LogP contribution in [0.5, 0.6) is 0 Å². The molecule has 1 aliphatic rings. The molecule has 29 heavy (non-hydrogen) atoms. The van der Waals surface area contributed by atoms with E-state index in [-0.39, 0.29) is 24.5 Å². The summed E-state index contributed by atoms with van der Waals surface area (Å²) >= 11 is 0. The molecule has 2 aromatic carbocycles.